The maximum Gasteiger partial charge on any atom is 0.142 e. The van der Waals surface area contributed by atoms with E-state index in [1.807, 2.05) is 23.0 Å². The number of methoxy groups -OCH3 is 1. The van der Waals surface area contributed by atoms with Crippen LogP contribution in [-0.4, -0.2) is 22.1 Å². The van der Waals surface area contributed by atoms with E-state index in [2.05, 4.69) is 36.4 Å². The summed E-state index contributed by atoms with van der Waals surface area (Å²) in [5.74, 6) is 0.748. The van der Waals surface area contributed by atoms with E-state index in [9.17, 15) is 0 Å². The molecule has 0 atom stereocenters. The van der Waals surface area contributed by atoms with Crippen molar-refractivity contribution in [3.8, 4) is 5.75 Å². The lowest BCUT2D eigenvalue weighted by molar-refractivity contribution is 0.347. The number of ether oxygens (including phenoxy) is 1. The molecule has 0 aliphatic rings. The van der Waals surface area contributed by atoms with Crippen LogP contribution >= 0.6 is 11.6 Å². The Morgan fingerprint density at radius 2 is 2.10 bits per heavy atom. The molecule has 20 heavy (non-hydrogen) atoms. The average Bonchev–Trinajstić information content (AvgIpc) is 2.85. The van der Waals surface area contributed by atoms with Crippen molar-refractivity contribution in [3.63, 3.8) is 0 Å². The van der Waals surface area contributed by atoms with Crippen LogP contribution in [0.4, 0.5) is 5.69 Å². The normalized spacial score (nSPS) is 11.4. The van der Waals surface area contributed by atoms with Crippen molar-refractivity contribution in [1.29, 1.82) is 0 Å². The zero-order valence-electron chi connectivity index (χ0n) is 12.1. The Kier molecular flexibility index (Phi) is 4.18. The fraction of sp³-hybridized carbons (Fsp3) is 0.429. The molecule has 0 bridgehead atoms. The Morgan fingerprint density at radius 1 is 1.35 bits per heavy atom. The monoisotopic (exact) mass is 294 g/mol. The third kappa shape index (κ3) is 3.42. The summed E-state index contributed by atoms with van der Waals surface area (Å²) < 4.78 is 7.13. The van der Waals surface area contributed by atoms with Crippen LogP contribution in [0.3, 0.4) is 0 Å². The smallest absolute Gasteiger partial charge is 0.142 e. The van der Waals surface area contributed by atoms with Gasteiger partial charge in [0.2, 0.25) is 0 Å². The van der Waals surface area contributed by atoms with Crippen LogP contribution in [-0.2, 0) is 12.1 Å². The molecule has 0 unspecified atom stereocenters. The van der Waals surface area contributed by atoms with E-state index in [0.29, 0.717) is 11.6 Å². The largest absolute Gasteiger partial charge is 0.495 e. The molecule has 0 spiro atoms. The summed E-state index contributed by atoms with van der Waals surface area (Å²) >= 11 is 5.99. The molecule has 0 fully saturated rings. The zero-order valence-corrected chi connectivity index (χ0v) is 12.9. The molecule has 0 aliphatic heterocycles. The number of hydrogen-bond acceptors (Lipinski definition) is 4. The first-order valence-electron chi connectivity index (χ1n) is 6.39. The Balaban J connectivity index is 2.09. The van der Waals surface area contributed by atoms with Gasteiger partial charge in [0.25, 0.3) is 0 Å². The first-order chi connectivity index (χ1) is 9.40. The molecule has 1 N–H and O–H groups in total. The number of hydrogen-bond donors (Lipinski definition) is 1. The van der Waals surface area contributed by atoms with Gasteiger partial charge in [-0.25, -0.2) is 4.68 Å². The molecule has 0 aliphatic carbocycles. The summed E-state index contributed by atoms with van der Waals surface area (Å²) in [7, 11) is 1.63. The van der Waals surface area contributed by atoms with Crippen molar-refractivity contribution in [1.82, 2.24) is 15.0 Å². The molecular weight excluding hydrogens is 276 g/mol. The summed E-state index contributed by atoms with van der Waals surface area (Å²) in [5, 5.41) is 12.2. The molecule has 5 nitrogen and oxygen atoms in total. The first kappa shape index (κ1) is 14.7. The number of nitrogens with one attached hydrogen (secondary N) is 1. The lowest BCUT2D eigenvalue weighted by Crippen LogP contribution is -2.22. The quantitative estimate of drug-likeness (QED) is 0.940. The van der Waals surface area contributed by atoms with Crippen molar-refractivity contribution in [2.24, 2.45) is 0 Å². The number of nitrogens with zero attached hydrogens (tertiary/aromatic N) is 3. The summed E-state index contributed by atoms with van der Waals surface area (Å²) in [6.45, 7) is 6.81. The topological polar surface area (TPSA) is 52.0 Å². The minimum Gasteiger partial charge on any atom is -0.495 e. The lowest BCUT2D eigenvalue weighted by atomic mass is 10.1. The van der Waals surface area contributed by atoms with Gasteiger partial charge in [0.1, 0.15) is 11.4 Å². The number of aromatic nitrogens is 3. The molecule has 1 heterocycles. The first-order valence-corrected chi connectivity index (χ1v) is 6.77. The number of anilines is 1. The van der Waals surface area contributed by atoms with Gasteiger partial charge in [-0.1, -0.05) is 16.8 Å². The SMILES string of the molecule is COc1ccc(Cl)cc1NCc1cn(C(C)(C)C)nn1. The zero-order chi connectivity index (χ0) is 14.8. The van der Waals surface area contributed by atoms with Crippen molar-refractivity contribution in [2.45, 2.75) is 32.9 Å². The fourth-order valence-electron chi connectivity index (χ4n) is 1.71. The minimum absolute atomic E-state index is 0.0704. The highest BCUT2D eigenvalue weighted by Gasteiger charge is 2.15. The van der Waals surface area contributed by atoms with Gasteiger partial charge in [0.15, 0.2) is 0 Å². The summed E-state index contributed by atoms with van der Waals surface area (Å²) in [6, 6.07) is 5.45. The molecule has 1 aromatic heterocycles. The number of halogens is 1. The second kappa shape index (κ2) is 5.71. The fourth-order valence-corrected chi connectivity index (χ4v) is 1.88. The van der Waals surface area contributed by atoms with Gasteiger partial charge in [-0.3, -0.25) is 0 Å². The molecule has 0 amide bonds. The average molecular weight is 295 g/mol. The molecule has 0 radical (unpaired) electrons. The Labute approximate surface area is 123 Å². The van der Waals surface area contributed by atoms with Crippen LogP contribution in [0.25, 0.3) is 0 Å². The molecule has 2 rings (SSSR count). The predicted octanol–water partition coefficient (Wildman–Crippen LogP) is 3.31. The maximum absolute atomic E-state index is 5.99. The van der Waals surface area contributed by atoms with Crippen LogP contribution < -0.4 is 10.1 Å². The molecule has 0 saturated heterocycles. The van der Waals surface area contributed by atoms with Gasteiger partial charge in [-0.05, 0) is 39.0 Å². The van der Waals surface area contributed by atoms with E-state index < -0.39 is 0 Å². The van der Waals surface area contributed by atoms with E-state index in [1.54, 1.807) is 13.2 Å². The summed E-state index contributed by atoms with van der Waals surface area (Å²) in [4.78, 5) is 0. The van der Waals surface area contributed by atoms with Gasteiger partial charge in [-0.15, -0.1) is 5.10 Å². The van der Waals surface area contributed by atoms with E-state index in [4.69, 9.17) is 16.3 Å². The lowest BCUT2D eigenvalue weighted by Gasteiger charge is -2.17. The van der Waals surface area contributed by atoms with Gasteiger partial charge < -0.3 is 10.1 Å². The van der Waals surface area contributed by atoms with E-state index in [-0.39, 0.29) is 5.54 Å². The Morgan fingerprint density at radius 3 is 2.70 bits per heavy atom. The van der Waals surface area contributed by atoms with E-state index in [1.165, 1.54) is 0 Å². The van der Waals surface area contributed by atoms with Crippen molar-refractivity contribution in [2.75, 3.05) is 12.4 Å². The predicted molar refractivity (Wildman–Crippen MR) is 80.3 cm³/mol. The number of rotatable bonds is 4. The standard InChI is InChI=1S/C14H19ClN4O/c1-14(2,3)19-9-11(17-18-19)8-16-12-7-10(15)5-6-13(12)20-4/h5-7,9,16H,8H2,1-4H3. The Bertz CT molecular complexity index is 589. The van der Waals surface area contributed by atoms with Gasteiger partial charge in [0.05, 0.1) is 31.1 Å². The molecule has 2 aromatic rings. The van der Waals surface area contributed by atoms with E-state index >= 15 is 0 Å². The Hall–Kier alpha value is -1.75. The third-order valence-corrected chi connectivity index (χ3v) is 3.08. The molecular formula is C14H19ClN4O. The summed E-state index contributed by atoms with van der Waals surface area (Å²) in [6.07, 6.45) is 1.93. The van der Waals surface area contributed by atoms with Crippen molar-refractivity contribution in [3.05, 3.63) is 35.1 Å². The van der Waals surface area contributed by atoms with Crippen molar-refractivity contribution >= 4 is 17.3 Å². The van der Waals surface area contributed by atoms with Crippen LogP contribution in [0.15, 0.2) is 24.4 Å². The van der Waals surface area contributed by atoms with Crippen LogP contribution in [0.1, 0.15) is 26.5 Å². The van der Waals surface area contributed by atoms with E-state index in [0.717, 1.165) is 17.1 Å². The molecule has 1 aromatic carbocycles. The third-order valence-electron chi connectivity index (χ3n) is 2.85. The van der Waals surface area contributed by atoms with Crippen molar-refractivity contribution < 1.29 is 4.74 Å². The second-order valence-electron chi connectivity index (χ2n) is 5.52. The highest BCUT2D eigenvalue weighted by atomic mass is 35.5. The summed E-state index contributed by atoms with van der Waals surface area (Å²) in [5.41, 5.74) is 1.63. The highest BCUT2D eigenvalue weighted by molar-refractivity contribution is 6.30. The minimum atomic E-state index is -0.0704. The highest BCUT2D eigenvalue weighted by Crippen LogP contribution is 2.28. The van der Waals surface area contributed by atoms with Crippen LogP contribution in [0.5, 0.6) is 5.75 Å². The maximum atomic E-state index is 5.99. The molecule has 6 heteroatoms. The molecule has 108 valence electrons. The van der Waals surface area contributed by atoms with Gasteiger partial charge in [0, 0.05) is 5.02 Å². The molecule has 0 saturated carbocycles. The van der Waals surface area contributed by atoms with Crippen LogP contribution in [0, 0.1) is 0 Å². The second-order valence-corrected chi connectivity index (χ2v) is 5.96. The number of benzene rings is 1. The van der Waals surface area contributed by atoms with Gasteiger partial charge in [-0.2, -0.15) is 0 Å². The van der Waals surface area contributed by atoms with Crippen LogP contribution in [0.2, 0.25) is 5.02 Å². The van der Waals surface area contributed by atoms with Gasteiger partial charge >= 0.3 is 0 Å².